The second kappa shape index (κ2) is 14.6. The number of hydrogen-bond donors (Lipinski definition) is 2. The lowest BCUT2D eigenvalue weighted by atomic mass is 9.79. The number of carbonyl (C=O) groups excluding carboxylic acids is 3. The predicted octanol–water partition coefficient (Wildman–Crippen LogP) is 4.89. The van der Waals surface area contributed by atoms with E-state index in [1.54, 1.807) is 27.7 Å². The Bertz CT molecular complexity index is 977. The fourth-order valence-electron chi connectivity index (χ4n) is 3.35. The van der Waals surface area contributed by atoms with Crippen molar-refractivity contribution in [3.05, 3.63) is 23.8 Å². The Kier molecular flexibility index (Phi) is 12.5. The lowest BCUT2D eigenvalue weighted by Crippen LogP contribution is -2.42. The zero-order valence-electron chi connectivity index (χ0n) is 23.5. The van der Waals surface area contributed by atoms with Crippen LogP contribution in [0.15, 0.2) is 18.2 Å². The van der Waals surface area contributed by atoms with Crippen molar-refractivity contribution in [2.24, 2.45) is 23.5 Å². The minimum absolute atomic E-state index is 0.0127. The predicted molar refractivity (Wildman–Crippen MR) is 138 cm³/mol. The van der Waals surface area contributed by atoms with Crippen LogP contribution in [0.2, 0.25) is 0 Å². The van der Waals surface area contributed by atoms with Gasteiger partial charge in [-0.15, -0.1) is 0 Å². The first-order chi connectivity index (χ1) is 17.5. The summed E-state index contributed by atoms with van der Waals surface area (Å²) >= 11 is 0. The molecule has 0 saturated carbocycles. The molecular formula is C27H41NO10. The number of hydrogen-bond acceptors (Lipinski definition) is 10. The summed E-state index contributed by atoms with van der Waals surface area (Å²) in [6.07, 6.45) is -3.65. The van der Waals surface area contributed by atoms with Gasteiger partial charge >= 0.3 is 24.2 Å². The Hall–Kier alpha value is -3.34. The first-order valence-corrected chi connectivity index (χ1v) is 12.6. The number of carbonyl (C=O) groups is 4. The van der Waals surface area contributed by atoms with Gasteiger partial charge in [-0.05, 0) is 50.3 Å². The number of benzene rings is 1. The summed E-state index contributed by atoms with van der Waals surface area (Å²) in [4.78, 5) is 48.3. The van der Waals surface area contributed by atoms with Crippen LogP contribution in [0.1, 0.15) is 73.8 Å². The maximum Gasteiger partial charge on any atom is 0.514 e. The largest absolute Gasteiger partial charge is 0.514 e. The van der Waals surface area contributed by atoms with Crippen molar-refractivity contribution in [3.63, 3.8) is 0 Å². The monoisotopic (exact) mass is 539 g/mol. The molecule has 1 aromatic rings. The molecule has 5 unspecified atom stereocenters. The summed E-state index contributed by atoms with van der Waals surface area (Å²) in [6, 6.07) is 2.79. The van der Waals surface area contributed by atoms with Gasteiger partial charge in [-0.1, -0.05) is 40.7 Å². The van der Waals surface area contributed by atoms with Crippen LogP contribution in [-0.2, 0) is 23.8 Å². The number of esters is 1. The third-order valence-corrected chi connectivity index (χ3v) is 6.51. The van der Waals surface area contributed by atoms with Gasteiger partial charge in [0.05, 0.1) is 0 Å². The zero-order chi connectivity index (χ0) is 29.3. The van der Waals surface area contributed by atoms with Crippen molar-refractivity contribution < 1.29 is 48.0 Å². The second-order valence-electron chi connectivity index (χ2n) is 10.1. The van der Waals surface area contributed by atoms with Crippen molar-refractivity contribution in [3.8, 4) is 11.5 Å². The van der Waals surface area contributed by atoms with Crippen LogP contribution < -0.4 is 15.2 Å². The molecule has 38 heavy (non-hydrogen) atoms. The van der Waals surface area contributed by atoms with E-state index in [-0.39, 0.29) is 23.3 Å². The molecule has 0 aliphatic rings. The number of nitrogens with two attached hydrogens (primary N) is 1. The molecule has 6 atom stereocenters. The Morgan fingerprint density at radius 2 is 1.21 bits per heavy atom. The van der Waals surface area contributed by atoms with Crippen molar-refractivity contribution in [2.75, 3.05) is 0 Å². The summed E-state index contributed by atoms with van der Waals surface area (Å²) in [5.41, 5.74) is 6.39. The van der Waals surface area contributed by atoms with Gasteiger partial charge in [0.15, 0.2) is 11.5 Å². The van der Waals surface area contributed by atoms with Crippen molar-refractivity contribution in [2.45, 2.75) is 92.6 Å². The van der Waals surface area contributed by atoms with Crippen molar-refractivity contribution >= 4 is 24.2 Å². The summed E-state index contributed by atoms with van der Waals surface area (Å²) in [5.74, 6) is -3.55. The van der Waals surface area contributed by atoms with Gasteiger partial charge in [0, 0.05) is 18.8 Å². The summed E-state index contributed by atoms with van der Waals surface area (Å²) in [7, 11) is 0. The maximum absolute atomic E-state index is 12.5. The summed E-state index contributed by atoms with van der Waals surface area (Å²) < 4.78 is 26.5. The molecule has 1 rings (SSSR count). The van der Waals surface area contributed by atoms with Crippen LogP contribution >= 0.6 is 0 Å². The van der Waals surface area contributed by atoms with Crippen LogP contribution in [-0.4, -0.2) is 53.7 Å². The Labute approximate surface area is 223 Å². The number of ether oxygens (including phenoxy) is 5. The van der Waals surface area contributed by atoms with Gasteiger partial charge in [0.2, 0.25) is 0 Å². The molecule has 3 N–H and O–H groups in total. The number of carboxylic acids is 1. The third-order valence-electron chi connectivity index (χ3n) is 6.51. The number of aliphatic carboxylic acids is 1. The molecule has 214 valence electrons. The molecule has 0 aliphatic carbocycles. The molecule has 0 saturated heterocycles. The average Bonchev–Trinajstić information content (AvgIpc) is 2.79. The van der Waals surface area contributed by atoms with E-state index >= 15 is 0 Å². The van der Waals surface area contributed by atoms with Gasteiger partial charge in [0.1, 0.15) is 24.4 Å². The molecule has 1 aromatic carbocycles. The fourth-order valence-corrected chi connectivity index (χ4v) is 3.35. The topological polar surface area (TPSA) is 161 Å². The SMILES string of the molecule is CC(=O)OC(C)C(C)C(c1ccc(OC(=O)OC(C)C(C)C)c(OC(=O)OC(C)C(C)C)c1)[C@H](N)C(=O)O. The smallest absolute Gasteiger partial charge is 0.480 e. The zero-order valence-corrected chi connectivity index (χ0v) is 23.5. The molecule has 0 aromatic heterocycles. The van der Waals surface area contributed by atoms with Crippen LogP contribution in [0.3, 0.4) is 0 Å². The van der Waals surface area contributed by atoms with Gasteiger partial charge < -0.3 is 34.5 Å². The highest BCUT2D eigenvalue weighted by Crippen LogP contribution is 2.37. The summed E-state index contributed by atoms with van der Waals surface area (Å²) in [5, 5.41) is 9.67. The first-order valence-electron chi connectivity index (χ1n) is 12.6. The maximum atomic E-state index is 12.5. The van der Waals surface area contributed by atoms with E-state index < -0.39 is 60.4 Å². The molecule has 0 spiro atoms. The first kappa shape index (κ1) is 32.7. The van der Waals surface area contributed by atoms with Crippen LogP contribution in [0.5, 0.6) is 11.5 Å². The molecule has 0 heterocycles. The molecule has 0 amide bonds. The van der Waals surface area contributed by atoms with E-state index in [4.69, 9.17) is 29.4 Å². The molecule has 0 bridgehead atoms. The van der Waals surface area contributed by atoms with E-state index in [1.807, 2.05) is 27.7 Å². The van der Waals surface area contributed by atoms with E-state index in [0.29, 0.717) is 5.56 Å². The van der Waals surface area contributed by atoms with Gasteiger partial charge in [-0.3, -0.25) is 9.59 Å². The van der Waals surface area contributed by atoms with Gasteiger partial charge in [0.25, 0.3) is 0 Å². The van der Waals surface area contributed by atoms with E-state index in [9.17, 15) is 24.3 Å². The minimum Gasteiger partial charge on any atom is -0.480 e. The highest BCUT2D eigenvalue weighted by atomic mass is 16.7. The molecule has 0 fully saturated rings. The lowest BCUT2D eigenvalue weighted by Gasteiger charge is -2.31. The van der Waals surface area contributed by atoms with E-state index in [0.717, 1.165) is 0 Å². The average molecular weight is 540 g/mol. The Balaban J connectivity index is 3.48. The van der Waals surface area contributed by atoms with Crippen molar-refractivity contribution in [1.82, 2.24) is 0 Å². The standard InChI is InChI=1S/C27H41NO10/c1-13(2)16(6)35-26(32)37-21-11-10-20(12-22(21)38-27(33)36-17(7)14(3)4)23(24(28)25(30)31)15(5)18(8)34-19(9)29/h10-18,23-24H,28H2,1-9H3,(H,30,31)/t15?,16?,17?,18?,23?,24-/m0/s1. The normalized spacial score (nSPS) is 16.0. The Morgan fingerprint density at radius 1 is 0.737 bits per heavy atom. The molecular weight excluding hydrogens is 498 g/mol. The Morgan fingerprint density at radius 3 is 1.63 bits per heavy atom. The van der Waals surface area contributed by atoms with Gasteiger partial charge in [-0.2, -0.15) is 0 Å². The van der Waals surface area contributed by atoms with Crippen LogP contribution in [0.4, 0.5) is 9.59 Å². The molecule has 0 aliphatic heterocycles. The van der Waals surface area contributed by atoms with Crippen molar-refractivity contribution in [1.29, 1.82) is 0 Å². The molecule has 0 radical (unpaired) electrons. The minimum atomic E-state index is -1.40. The summed E-state index contributed by atoms with van der Waals surface area (Å²) in [6.45, 7) is 15.4. The highest BCUT2D eigenvalue weighted by Gasteiger charge is 2.35. The molecule has 11 heteroatoms. The fraction of sp³-hybridized carbons (Fsp3) is 0.630. The highest BCUT2D eigenvalue weighted by molar-refractivity contribution is 5.75. The quantitative estimate of drug-likeness (QED) is 0.211. The lowest BCUT2D eigenvalue weighted by molar-refractivity contribution is -0.148. The molecule has 11 nitrogen and oxygen atoms in total. The van der Waals surface area contributed by atoms with Crippen LogP contribution in [0, 0.1) is 17.8 Å². The number of rotatable bonds is 12. The van der Waals surface area contributed by atoms with E-state index in [1.165, 1.54) is 25.1 Å². The van der Waals surface area contributed by atoms with Crippen LogP contribution in [0.25, 0.3) is 0 Å². The van der Waals surface area contributed by atoms with Gasteiger partial charge in [-0.25, -0.2) is 9.59 Å². The number of carboxylic acid groups (broad SMARTS) is 1. The third kappa shape index (κ3) is 9.85. The van der Waals surface area contributed by atoms with E-state index in [2.05, 4.69) is 0 Å². The second-order valence-corrected chi connectivity index (χ2v) is 10.1.